The molecule has 1 aliphatic rings. The van der Waals surface area contributed by atoms with E-state index in [9.17, 15) is 9.59 Å². The first-order valence-electron chi connectivity index (χ1n) is 8.48. The molecule has 2 aromatic rings. The fourth-order valence-electron chi connectivity index (χ4n) is 2.80. The van der Waals surface area contributed by atoms with Gasteiger partial charge in [0.1, 0.15) is 0 Å². The van der Waals surface area contributed by atoms with Gasteiger partial charge in [0, 0.05) is 23.7 Å². The van der Waals surface area contributed by atoms with Crippen molar-refractivity contribution in [1.29, 1.82) is 0 Å². The van der Waals surface area contributed by atoms with E-state index in [2.05, 4.69) is 11.8 Å². The van der Waals surface area contributed by atoms with Gasteiger partial charge in [-0.2, -0.15) is 0 Å². The van der Waals surface area contributed by atoms with Crippen LogP contribution in [-0.4, -0.2) is 36.5 Å². The van der Waals surface area contributed by atoms with Crippen LogP contribution in [0.1, 0.15) is 28.1 Å². The fraction of sp³-hybridized carbons (Fsp3) is 0.300. The molecule has 1 amide bonds. The molecular weight excluding hydrogens is 405 g/mol. The molecule has 1 fully saturated rings. The van der Waals surface area contributed by atoms with Crippen LogP contribution >= 0.6 is 34.5 Å². The van der Waals surface area contributed by atoms with Crippen molar-refractivity contribution in [3.05, 3.63) is 56.2 Å². The van der Waals surface area contributed by atoms with Gasteiger partial charge in [-0.05, 0) is 49.2 Å². The minimum atomic E-state index is -0.258. The molecule has 27 heavy (non-hydrogen) atoms. The van der Waals surface area contributed by atoms with Crippen LogP contribution in [0.2, 0.25) is 9.36 Å². The number of halogens is 2. The average molecular weight is 422 g/mol. The van der Waals surface area contributed by atoms with Crippen LogP contribution < -0.4 is 0 Å². The highest BCUT2D eigenvalue weighted by atomic mass is 35.5. The number of thiophene rings is 1. The van der Waals surface area contributed by atoms with Gasteiger partial charge in [-0.15, -0.1) is 11.3 Å². The van der Waals surface area contributed by atoms with Gasteiger partial charge in [0.05, 0.1) is 15.1 Å². The Bertz CT molecular complexity index is 875. The second-order valence-corrected chi connectivity index (χ2v) is 8.24. The molecule has 7 heteroatoms. The molecule has 1 saturated heterocycles. The molecule has 0 unspecified atom stereocenters. The number of likely N-dealkylation sites (tertiary alicyclic amines) is 1. The van der Waals surface area contributed by atoms with Crippen LogP contribution in [0.5, 0.6) is 0 Å². The maximum Gasteiger partial charge on any atom is 0.310 e. The summed E-state index contributed by atoms with van der Waals surface area (Å²) in [4.78, 5) is 26.9. The number of nitrogens with zero attached hydrogens (tertiary/aromatic N) is 1. The van der Waals surface area contributed by atoms with Crippen LogP contribution in [0.25, 0.3) is 0 Å². The fourth-order valence-corrected chi connectivity index (χ4v) is 3.94. The molecule has 0 aliphatic carbocycles. The second kappa shape index (κ2) is 9.27. The monoisotopic (exact) mass is 421 g/mol. The number of rotatable bonds is 3. The third-order valence-corrected chi connectivity index (χ3v) is 5.73. The molecule has 4 nitrogen and oxygen atoms in total. The second-order valence-electron chi connectivity index (χ2n) is 6.09. The summed E-state index contributed by atoms with van der Waals surface area (Å²) in [6.45, 7) is 1.11. The lowest BCUT2D eigenvalue weighted by atomic mass is 9.97. The van der Waals surface area contributed by atoms with E-state index < -0.39 is 0 Å². The van der Waals surface area contributed by atoms with Gasteiger partial charge < -0.3 is 9.64 Å². The normalized spacial score (nSPS) is 14.4. The van der Waals surface area contributed by atoms with E-state index in [1.54, 1.807) is 29.2 Å². The molecule has 2 heterocycles. The number of amides is 1. The summed E-state index contributed by atoms with van der Waals surface area (Å²) in [6.07, 6.45) is 1.18. The van der Waals surface area contributed by atoms with Crippen molar-refractivity contribution in [1.82, 2.24) is 4.90 Å². The highest BCUT2D eigenvalue weighted by Crippen LogP contribution is 2.25. The van der Waals surface area contributed by atoms with Gasteiger partial charge in [0.15, 0.2) is 6.61 Å². The lowest BCUT2D eigenvalue weighted by Crippen LogP contribution is -2.40. The lowest BCUT2D eigenvalue weighted by Gasteiger charge is -2.30. The number of piperidine rings is 1. The Labute approximate surface area is 172 Å². The zero-order valence-corrected chi connectivity index (χ0v) is 16.7. The summed E-state index contributed by atoms with van der Waals surface area (Å²) in [5, 5.41) is 0.652. The van der Waals surface area contributed by atoms with Crippen LogP contribution in [-0.2, 0) is 9.53 Å². The molecule has 0 N–H and O–H groups in total. The number of esters is 1. The molecule has 1 aliphatic heterocycles. The lowest BCUT2D eigenvalue weighted by molar-refractivity contribution is -0.148. The molecular formula is C20H17Cl2NO3S. The topological polar surface area (TPSA) is 46.6 Å². The molecule has 0 atom stereocenters. The van der Waals surface area contributed by atoms with Crippen molar-refractivity contribution in [2.24, 2.45) is 5.92 Å². The first-order chi connectivity index (χ1) is 13.0. The molecule has 0 radical (unpaired) electrons. The molecule has 0 spiro atoms. The van der Waals surface area contributed by atoms with Crippen LogP contribution in [0, 0.1) is 17.8 Å². The van der Waals surface area contributed by atoms with E-state index in [0.717, 1.165) is 5.56 Å². The van der Waals surface area contributed by atoms with Gasteiger partial charge in [0.2, 0.25) is 0 Å². The molecule has 3 rings (SSSR count). The summed E-state index contributed by atoms with van der Waals surface area (Å²) in [6, 6.07) is 10.6. The Morgan fingerprint density at radius 1 is 1.11 bits per heavy atom. The Kier molecular flexibility index (Phi) is 6.78. The summed E-state index contributed by atoms with van der Waals surface area (Å²) < 4.78 is 5.85. The zero-order valence-electron chi connectivity index (χ0n) is 14.4. The Morgan fingerprint density at radius 3 is 2.44 bits per heavy atom. The summed E-state index contributed by atoms with van der Waals surface area (Å²) >= 11 is 13.0. The van der Waals surface area contributed by atoms with Crippen molar-refractivity contribution in [2.45, 2.75) is 12.8 Å². The number of carbonyl (C=O) groups excluding carboxylic acids is 2. The van der Waals surface area contributed by atoms with Gasteiger partial charge >= 0.3 is 5.97 Å². The average Bonchev–Trinajstić information content (AvgIpc) is 3.12. The summed E-state index contributed by atoms with van der Waals surface area (Å²) in [5.74, 6) is 5.27. The molecule has 1 aromatic carbocycles. The quantitative estimate of drug-likeness (QED) is 0.541. The number of hydrogen-bond acceptors (Lipinski definition) is 4. The van der Waals surface area contributed by atoms with E-state index in [4.69, 9.17) is 27.9 Å². The maximum atomic E-state index is 12.4. The van der Waals surface area contributed by atoms with Crippen molar-refractivity contribution in [2.75, 3.05) is 19.7 Å². The SMILES string of the molecule is O=C(OCC#Cc1ccc(Cl)cc1)C1CCN(C(=O)c2ccc(Cl)s2)CC1. The number of hydrogen-bond donors (Lipinski definition) is 0. The Balaban J connectivity index is 1.43. The first kappa shape index (κ1) is 19.8. The van der Waals surface area contributed by atoms with Gasteiger partial charge in [-0.1, -0.05) is 35.0 Å². The first-order valence-corrected chi connectivity index (χ1v) is 10.1. The van der Waals surface area contributed by atoms with Crippen molar-refractivity contribution >= 4 is 46.4 Å². The largest absolute Gasteiger partial charge is 0.452 e. The molecule has 0 bridgehead atoms. The van der Waals surface area contributed by atoms with Crippen molar-refractivity contribution < 1.29 is 14.3 Å². The standard InChI is InChI=1S/C20H17Cl2NO3S/c21-16-5-3-14(4-6-16)2-1-13-26-20(25)15-9-11-23(12-10-15)19(24)17-7-8-18(22)27-17/h3-8,15H,9-13H2. The van der Waals surface area contributed by atoms with E-state index in [1.165, 1.54) is 11.3 Å². The van der Waals surface area contributed by atoms with Crippen LogP contribution in [0.4, 0.5) is 0 Å². The van der Waals surface area contributed by atoms with E-state index in [-0.39, 0.29) is 24.4 Å². The third-order valence-electron chi connectivity index (χ3n) is 4.26. The molecule has 1 aromatic heterocycles. The molecule has 0 saturated carbocycles. The van der Waals surface area contributed by atoms with E-state index in [0.29, 0.717) is 40.2 Å². The smallest absolute Gasteiger partial charge is 0.310 e. The van der Waals surface area contributed by atoms with E-state index >= 15 is 0 Å². The Hall–Kier alpha value is -2.00. The summed E-state index contributed by atoms with van der Waals surface area (Å²) in [5.41, 5.74) is 0.816. The third kappa shape index (κ3) is 5.49. The predicted octanol–water partition coefficient (Wildman–Crippen LogP) is 4.50. The highest BCUT2D eigenvalue weighted by molar-refractivity contribution is 7.17. The van der Waals surface area contributed by atoms with Crippen LogP contribution in [0.15, 0.2) is 36.4 Å². The Morgan fingerprint density at radius 2 is 1.81 bits per heavy atom. The predicted molar refractivity (Wildman–Crippen MR) is 107 cm³/mol. The maximum absolute atomic E-state index is 12.4. The summed E-state index contributed by atoms with van der Waals surface area (Å²) in [7, 11) is 0. The number of carbonyl (C=O) groups is 2. The molecule has 140 valence electrons. The minimum absolute atomic E-state index is 0.0347. The zero-order chi connectivity index (χ0) is 19.2. The van der Waals surface area contributed by atoms with Gasteiger partial charge in [0.25, 0.3) is 5.91 Å². The highest BCUT2D eigenvalue weighted by Gasteiger charge is 2.29. The van der Waals surface area contributed by atoms with E-state index in [1.807, 2.05) is 12.1 Å². The minimum Gasteiger partial charge on any atom is -0.452 e. The van der Waals surface area contributed by atoms with Gasteiger partial charge in [-0.25, -0.2) is 0 Å². The van der Waals surface area contributed by atoms with Crippen molar-refractivity contribution in [3.63, 3.8) is 0 Å². The number of ether oxygens (including phenoxy) is 1. The number of benzene rings is 1. The van der Waals surface area contributed by atoms with Crippen molar-refractivity contribution in [3.8, 4) is 11.8 Å². The van der Waals surface area contributed by atoms with Crippen LogP contribution in [0.3, 0.4) is 0 Å². The van der Waals surface area contributed by atoms with Gasteiger partial charge in [-0.3, -0.25) is 9.59 Å².